The maximum atomic E-state index is 12.5. The van der Waals surface area contributed by atoms with E-state index in [-0.39, 0.29) is 0 Å². The highest BCUT2D eigenvalue weighted by atomic mass is 16.6. The number of carbonyl (C=O) groups is 2. The van der Waals surface area contributed by atoms with Gasteiger partial charge in [0, 0.05) is 0 Å². The van der Waals surface area contributed by atoms with E-state index in [1.807, 2.05) is 36.4 Å². The first-order chi connectivity index (χ1) is 12.3. The third-order valence-corrected chi connectivity index (χ3v) is 3.57. The monoisotopic (exact) mass is 355 g/mol. The molecule has 2 rings (SSSR count). The van der Waals surface area contributed by atoms with Crippen LogP contribution < -0.4 is 5.32 Å². The molecular formula is C21H25NO4. The number of ether oxygens (including phenoxy) is 2. The quantitative estimate of drug-likeness (QED) is 0.802. The van der Waals surface area contributed by atoms with Gasteiger partial charge in [-0.2, -0.15) is 0 Å². The van der Waals surface area contributed by atoms with Crippen molar-refractivity contribution in [2.24, 2.45) is 0 Å². The highest BCUT2D eigenvalue weighted by Crippen LogP contribution is 2.23. The van der Waals surface area contributed by atoms with Crippen LogP contribution >= 0.6 is 0 Å². The summed E-state index contributed by atoms with van der Waals surface area (Å²) in [6, 6.07) is 17.6. The Hall–Kier alpha value is -2.82. The molecule has 0 saturated heterocycles. The predicted octanol–water partition coefficient (Wildman–Crippen LogP) is 4.50. The SMILES string of the molecule is C[C@@H](NC(=O)OC(C)(C)C)[C@H](OC(=O)c1ccccc1)c1ccccc1. The van der Waals surface area contributed by atoms with E-state index in [1.165, 1.54) is 0 Å². The van der Waals surface area contributed by atoms with Crippen LogP contribution in [0.1, 0.15) is 49.7 Å². The van der Waals surface area contributed by atoms with Crippen molar-refractivity contribution in [3.63, 3.8) is 0 Å². The highest BCUT2D eigenvalue weighted by molar-refractivity contribution is 5.89. The van der Waals surface area contributed by atoms with Crippen LogP contribution in [0.5, 0.6) is 0 Å². The number of esters is 1. The molecule has 0 radical (unpaired) electrons. The van der Waals surface area contributed by atoms with Gasteiger partial charge in [-0.3, -0.25) is 0 Å². The Labute approximate surface area is 154 Å². The maximum absolute atomic E-state index is 12.5. The van der Waals surface area contributed by atoms with Gasteiger partial charge in [0.05, 0.1) is 11.6 Å². The van der Waals surface area contributed by atoms with Crippen molar-refractivity contribution in [3.05, 3.63) is 71.8 Å². The predicted molar refractivity (Wildman–Crippen MR) is 99.9 cm³/mol. The first-order valence-corrected chi connectivity index (χ1v) is 8.57. The lowest BCUT2D eigenvalue weighted by molar-refractivity contribution is 0.0152. The van der Waals surface area contributed by atoms with Gasteiger partial charge in [0.15, 0.2) is 0 Å². The molecule has 0 aliphatic heterocycles. The average molecular weight is 355 g/mol. The third-order valence-electron chi connectivity index (χ3n) is 3.57. The van der Waals surface area contributed by atoms with E-state index in [0.717, 1.165) is 5.56 Å². The zero-order valence-electron chi connectivity index (χ0n) is 15.6. The molecule has 0 aliphatic carbocycles. The minimum absolute atomic E-state index is 0.447. The molecule has 0 heterocycles. The van der Waals surface area contributed by atoms with Crippen LogP contribution in [0.15, 0.2) is 60.7 Å². The van der Waals surface area contributed by atoms with Crippen LogP contribution in [0.4, 0.5) is 4.79 Å². The zero-order valence-corrected chi connectivity index (χ0v) is 15.6. The highest BCUT2D eigenvalue weighted by Gasteiger charge is 2.27. The minimum atomic E-state index is -0.642. The van der Waals surface area contributed by atoms with Crippen LogP contribution in [0, 0.1) is 0 Å². The summed E-state index contributed by atoms with van der Waals surface area (Å²) in [5.74, 6) is -0.447. The van der Waals surface area contributed by atoms with Gasteiger partial charge >= 0.3 is 12.1 Å². The summed E-state index contributed by atoms with van der Waals surface area (Å²) in [7, 11) is 0. The molecular weight excluding hydrogens is 330 g/mol. The standard InChI is InChI=1S/C21H25NO4/c1-15(22-20(24)26-21(2,3)4)18(16-11-7-5-8-12-16)25-19(23)17-13-9-6-10-14-17/h5-15,18H,1-4H3,(H,22,24)/t15-,18+/m1/s1. The topological polar surface area (TPSA) is 64.6 Å². The lowest BCUT2D eigenvalue weighted by Crippen LogP contribution is -2.41. The molecule has 0 bridgehead atoms. The summed E-state index contributed by atoms with van der Waals surface area (Å²) in [6.07, 6.45) is -1.20. The van der Waals surface area contributed by atoms with E-state index in [4.69, 9.17) is 9.47 Å². The minimum Gasteiger partial charge on any atom is -0.452 e. The fourth-order valence-corrected chi connectivity index (χ4v) is 2.43. The zero-order chi connectivity index (χ0) is 19.2. The molecule has 2 atom stereocenters. The Morgan fingerprint density at radius 2 is 1.46 bits per heavy atom. The normalized spacial score (nSPS) is 13.4. The second kappa shape index (κ2) is 8.52. The van der Waals surface area contributed by atoms with E-state index >= 15 is 0 Å². The van der Waals surface area contributed by atoms with Gasteiger partial charge in [-0.15, -0.1) is 0 Å². The molecule has 0 spiro atoms. The Balaban J connectivity index is 2.16. The van der Waals surface area contributed by atoms with Crippen molar-refractivity contribution in [1.82, 2.24) is 5.32 Å². The molecule has 0 unspecified atom stereocenters. The van der Waals surface area contributed by atoms with Crippen LogP contribution in [-0.2, 0) is 9.47 Å². The van der Waals surface area contributed by atoms with Crippen molar-refractivity contribution < 1.29 is 19.1 Å². The molecule has 0 aliphatic rings. The molecule has 1 amide bonds. The number of nitrogens with one attached hydrogen (secondary N) is 1. The Morgan fingerprint density at radius 3 is 2.00 bits per heavy atom. The third kappa shape index (κ3) is 5.92. The number of alkyl carbamates (subject to hydrolysis) is 1. The molecule has 5 nitrogen and oxygen atoms in total. The van der Waals surface area contributed by atoms with Gasteiger partial charge < -0.3 is 14.8 Å². The molecule has 5 heteroatoms. The number of benzene rings is 2. The molecule has 138 valence electrons. The lowest BCUT2D eigenvalue weighted by Gasteiger charge is -2.27. The molecule has 0 saturated carbocycles. The summed E-state index contributed by atoms with van der Waals surface area (Å²) in [5.41, 5.74) is 0.644. The largest absolute Gasteiger partial charge is 0.452 e. The molecule has 26 heavy (non-hydrogen) atoms. The van der Waals surface area contributed by atoms with Gasteiger partial charge in [0.1, 0.15) is 11.7 Å². The second-order valence-corrected chi connectivity index (χ2v) is 7.04. The van der Waals surface area contributed by atoms with Gasteiger partial charge in [0.25, 0.3) is 0 Å². The molecule has 0 fully saturated rings. The van der Waals surface area contributed by atoms with Crippen molar-refractivity contribution >= 4 is 12.1 Å². The van der Waals surface area contributed by atoms with E-state index in [0.29, 0.717) is 5.56 Å². The van der Waals surface area contributed by atoms with Gasteiger partial charge in [0.2, 0.25) is 0 Å². The number of carbonyl (C=O) groups excluding carboxylic acids is 2. The number of rotatable bonds is 5. The Morgan fingerprint density at radius 1 is 0.923 bits per heavy atom. The average Bonchev–Trinajstić information content (AvgIpc) is 2.59. The molecule has 2 aromatic rings. The first kappa shape index (κ1) is 19.5. The molecule has 0 aromatic heterocycles. The number of hydrogen-bond acceptors (Lipinski definition) is 4. The van der Waals surface area contributed by atoms with Crippen molar-refractivity contribution in [3.8, 4) is 0 Å². The van der Waals surface area contributed by atoms with E-state index < -0.39 is 29.8 Å². The summed E-state index contributed by atoms with van der Waals surface area (Å²) >= 11 is 0. The second-order valence-electron chi connectivity index (χ2n) is 7.04. The Bertz CT molecular complexity index is 723. The summed E-state index contributed by atoms with van der Waals surface area (Å²) in [6.45, 7) is 7.16. The summed E-state index contributed by atoms with van der Waals surface area (Å²) < 4.78 is 11.0. The molecule has 2 aromatic carbocycles. The van der Waals surface area contributed by atoms with E-state index in [9.17, 15) is 9.59 Å². The van der Waals surface area contributed by atoms with Crippen molar-refractivity contribution in [1.29, 1.82) is 0 Å². The van der Waals surface area contributed by atoms with Crippen molar-refractivity contribution in [2.45, 2.75) is 45.4 Å². The van der Waals surface area contributed by atoms with E-state index in [1.54, 1.807) is 52.0 Å². The van der Waals surface area contributed by atoms with Gasteiger partial charge in [-0.25, -0.2) is 9.59 Å². The molecule has 1 N–H and O–H groups in total. The fraction of sp³-hybridized carbons (Fsp3) is 0.333. The summed E-state index contributed by atoms with van der Waals surface area (Å²) in [5, 5.41) is 2.75. The number of hydrogen-bond donors (Lipinski definition) is 1. The first-order valence-electron chi connectivity index (χ1n) is 8.57. The lowest BCUT2D eigenvalue weighted by atomic mass is 10.0. The number of amides is 1. The van der Waals surface area contributed by atoms with Crippen molar-refractivity contribution in [2.75, 3.05) is 0 Å². The van der Waals surface area contributed by atoms with Crippen LogP contribution in [0.3, 0.4) is 0 Å². The summed E-state index contributed by atoms with van der Waals surface area (Å²) in [4.78, 5) is 24.6. The van der Waals surface area contributed by atoms with Crippen LogP contribution in [0.25, 0.3) is 0 Å². The van der Waals surface area contributed by atoms with Crippen LogP contribution in [-0.4, -0.2) is 23.7 Å². The fourth-order valence-electron chi connectivity index (χ4n) is 2.43. The van der Waals surface area contributed by atoms with E-state index in [2.05, 4.69) is 5.32 Å². The van der Waals surface area contributed by atoms with Gasteiger partial charge in [-0.05, 0) is 45.4 Å². The van der Waals surface area contributed by atoms with Gasteiger partial charge in [-0.1, -0.05) is 48.5 Å². The maximum Gasteiger partial charge on any atom is 0.408 e. The Kier molecular flexibility index (Phi) is 6.39. The van der Waals surface area contributed by atoms with Crippen LogP contribution in [0.2, 0.25) is 0 Å². The smallest absolute Gasteiger partial charge is 0.408 e.